The highest BCUT2D eigenvalue weighted by atomic mass is 79.9. The first-order valence-electron chi connectivity index (χ1n) is 7.55. The van der Waals surface area contributed by atoms with Crippen molar-refractivity contribution in [2.75, 3.05) is 0 Å². The van der Waals surface area contributed by atoms with E-state index in [0.29, 0.717) is 12.3 Å². The summed E-state index contributed by atoms with van der Waals surface area (Å²) in [7, 11) is 0. The second-order valence-electron chi connectivity index (χ2n) is 5.73. The van der Waals surface area contributed by atoms with Crippen LogP contribution in [0.15, 0.2) is 33.3 Å². The molecule has 1 heterocycles. The van der Waals surface area contributed by atoms with Gasteiger partial charge in [0.15, 0.2) is 5.82 Å². The van der Waals surface area contributed by atoms with E-state index in [-0.39, 0.29) is 12.0 Å². The average Bonchev–Trinajstić information content (AvgIpc) is 2.82. The van der Waals surface area contributed by atoms with Crippen LogP contribution in [0.4, 0.5) is 0 Å². The maximum absolute atomic E-state index is 6.26. The van der Waals surface area contributed by atoms with E-state index in [1.807, 2.05) is 18.2 Å². The number of hydrogen-bond donors (Lipinski definition) is 1. The highest BCUT2D eigenvalue weighted by Crippen LogP contribution is 2.30. The highest BCUT2D eigenvalue weighted by Gasteiger charge is 2.27. The Hall–Kier alpha value is -1.20. The Morgan fingerprint density at radius 3 is 2.86 bits per heavy atom. The first kappa shape index (κ1) is 14.7. The largest absolute Gasteiger partial charge is 0.339 e. The lowest BCUT2D eigenvalue weighted by atomic mass is 9.95. The fourth-order valence-electron chi connectivity index (χ4n) is 2.94. The first-order valence-corrected chi connectivity index (χ1v) is 8.35. The second kappa shape index (κ2) is 6.71. The monoisotopic (exact) mass is 349 g/mol. The van der Waals surface area contributed by atoms with Crippen LogP contribution in [0, 0.1) is 0 Å². The maximum Gasteiger partial charge on any atom is 0.231 e. The second-order valence-corrected chi connectivity index (χ2v) is 6.58. The minimum absolute atomic E-state index is 0.143. The van der Waals surface area contributed by atoms with Crippen molar-refractivity contribution < 1.29 is 4.52 Å². The molecule has 1 aliphatic rings. The summed E-state index contributed by atoms with van der Waals surface area (Å²) in [5.41, 5.74) is 7.42. The predicted octanol–water partition coefficient (Wildman–Crippen LogP) is 3.80. The van der Waals surface area contributed by atoms with Gasteiger partial charge in [0.05, 0.1) is 5.92 Å². The van der Waals surface area contributed by atoms with E-state index in [2.05, 4.69) is 32.1 Å². The van der Waals surface area contributed by atoms with E-state index in [4.69, 9.17) is 10.3 Å². The third-order valence-corrected chi connectivity index (χ3v) is 4.95. The zero-order valence-corrected chi connectivity index (χ0v) is 13.6. The molecule has 2 aromatic rings. The summed E-state index contributed by atoms with van der Waals surface area (Å²) in [4.78, 5) is 4.58. The van der Waals surface area contributed by atoms with Crippen LogP contribution in [-0.4, -0.2) is 16.2 Å². The molecule has 3 rings (SSSR count). The van der Waals surface area contributed by atoms with Gasteiger partial charge in [-0.2, -0.15) is 4.98 Å². The minimum atomic E-state index is 0.143. The SMILES string of the molecule is NC1CCCCCC1c1nc(Cc2ccccc2Br)no1. The van der Waals surface area contributed by atoms with Crippen LogP contribution in [0.5, 0.6) is 0 Å². The van der Waals surface area contributed by atoms with Gasteiger partial charge in [0.25, 0.3) is 0 Å². The Balaban J connectivity index is 1.75. The molecular formula is C16H20BrN3O. The molecule has 0 saturated heterocycles. The fraction of sp³-hybridized carbons (Fsp3) is 0.500. The summed E-state index contributed by atoms with van der Waals surface area (Å²) in [5, 5.41) is 4.13. The third-order valence-electron chi connectivity index (χ3n) is 4.18. The van der Waals surface area contributed by atoms with Crippen LogP contribution in [-0.2, 0) is 6.42 Å². The normalized spacial score (nSPS) is 23.0. The zero-order chi connectivity index (χ0) is 14.7. The van der Waals surface area contributed by atoms with Crippen LogP contribution in [0.2, 0.25) is 0 Å². The Morgan fingerprint density at radius 1 is 1.19 bits per heavy atom. The van der Waals surface area contributed by atoms with E-state index in [0.717, 1.165) is 28.7 Å². The molecule has 2 atom stereocenters. The lowest BCUT2D eigenvalue weighted by Gasteiger charge is -2.16. The summed E-state index contributed by atoms with van der Waals surface area (Å²) in [6.45, 7) is 0. The quantitative estimate of drug-likeness (QED) is 0.856. The minimum Gasteiger partial charge on any atom is -0.339 e. The van der Waals surface area contributed by atoms with Gasteiger partial charge in [-0.15, -0.1) is 0 Å². The lowest BCUT2D eigenvalue weighted by Crippen LogP contribution is -2.27. The summed E-state index contributed by atoms with van der Waals surface area (Å²) in [5.74, 6) is 1.66. The van der Waals surface area contributed by atoms with Gasteiger partial charge >= 0.3 is 0 Å². The lowest BCUT2D eigenvalue weighted by molar-refractivity contribution is 0.323. The van der Waals surface area contributed by atoms with Crippen LogP contribution in [0.1, 0.15) is 55.3 Å². The van der Waals surface area contributed by atoms with Crippen LogP contribution in [0.3, 0.4) is 0 Å². The van der Waals surface area contributed by atoms with Gasteiger partial charge in [-0.1, -0.05) is 58.5 Å². The van der Waals surface area contributed by atoms with Gasteiger partial charge in [0.1, 0.15) is 0 Å². The van der Waals surface area contributed by atoms with Gasteiger partial charge in [-0.25, -0.2) is 0 Å². The van der Waals surface area contributed by atoms with E-state index in [1.54, 1.807) is 0 Å². The van der Waals surface area contributed by atoms with Gasteiger partial charge in [-0.3, -0.25) is 0 Å². The Labute approximate surface area is 133 Å². The highest BCUT2D eigenvalue weighted by molar-refractivity contribution is 9.10. The molecule has 1 aromatic carbocycles. The maximum atomic E-state index is 6.26. The summed E-state index contributed by atoms with van der Waals surface area (Å²) in [6.07, 6.45) is 6.43. The standard InChI is InChI=1S/C16H20BrN3O/c17-13-8-5-4-6-11(13)10-15-19-16(21-20-15)12-7-2-1-3-9-14(12)18/h4-6,8,12,14H,1-3,7,9-10,18H2. The molecule has 1 aliphatic carbocycles. The molecule has 1 saturated carbocycles. The number of hydrogen-bond acceptors (Lipinski definition) is 4. The van der Waals surface area contributed by atoms with Gasteiger partial charge < -0.3 is 10.3 Å². The van der Waals surface area contributed by atoms with E-state index in [1.165, 1.54) is 19.3 Å². The molecule has 0 radical (unpaired) electrons. The zero-order valence-electron chi connectivity index (χ0n) is 12.0. The molecule has 2 unspecified atom stereocenters. The first-order chi connectivity index (χ1) is 10.2. The number of rotatable bonds is 3. The Morgan fingerprint density at radius 2 is 2.00 bits per heavy atom. The molecular weight excluding hydrogens is 330 g/mol. The summed E-state index contributed by atoms with van der Waals surface area (Å²) < 4.78 is 6.56. The molecule has 2 N–H and O–H groups in total. The van der Waals surface area contributed by atoms with Crippen molar-refractivity contribution in [3.8, 4) is 0 Å². The van der Waals surface area contributed by atoms with Crippen molar-refractivity contribution in [1.82, 2.24) is 10.1 Å². The number of nitrogens with zero attached hydrogens (tertiary/aromatic N) is 2. The molecule has 0 bridgehead atoms. The molecule has 0 aliphatic heterocycles. The van der Waals surface area contributed by atoms with Crippen molar-refractivity contribution in [1.29, 1.82) is 0 Å². The topological polar surface area (TPSA) is 64.9 Å². The van der Waals surface area contributed by atoms with Crippen molar-refractivity contribution in [3.63, 3.8) is 0 Å². The van der Waals surface area contributed by atoms with E-state index in [9.17, 15) is 0 Å². The smallest absolute Gasteiger partial charge is 0.231 e. The molecule has 5 heteroatoms. The van der Waals surface area contributed by atoms with Crippen molar-refractivity contribution in [2.24, 2.45) is 5.73 Å². The molecule has 21 heavy (non-hydrogen) atoms. The molecule has 112 valence electrons. The molecule has 0 spiro atoms. The Kier molecular flexibility index (Phi) is 4.70. The number of aromatic nitrogens is 2. The molecule has 0 amide bonds. The molecule has 1 fully saturated rings. The van der Waals surface area contributed by atoms with Crippen molar-refractivity contribution in [3.05, 3.63) is 46.0 Å². The van der Waals surface area contributed by atoms with Crippen molar-refractivity contribution in [2.45, 2.75) is 50.5 Å². The van der Waals surface area contributed by atoms with Crippen LogP contribution < -0.4 is 5.73 Å². The van der Waals surface area contributed by atoms with Crippen LogP contribution in [0.25, 0.3) is 0 Å². The van der Waals surface area contributed by atoms with E-state index >= 15 is 0 Å². The number of halogens is 1. The number of nitrogens with two attached hydrogens (primary N) is 1. The Bertz CT molecular complexity index is 599. The predicted molar refractivity (Wildman–Crippen MR) is 85.0 cm³/mol. The summed E-state index contributed by atoms with van der Waals surface area (Å²) in [6, 6.07) is 8.25. The molecule has 1 aromatic heterocycles. The van der Waals surface area contributed by atoms with Gasteiger partial charge in [-0.05, 0) is 24.5 Å². The van der Waals surface area contributed by atoms with Gasteiger partial charge in [0.2, 0.25) is 5.89 Å². The number of benzene rings is 1. The van der Waals surface area contributed by atoms with Crippen molar-refractivity contribution >= 4 is 15.9 Å². The van der Waals surface area contributed by atoms with Crippen LogP contribution >= 0.6 is 15.9 Å². The third kappa shape index (κ3) is 3.52. The van der Waals surface area contributed by atoms with E-state index < -0.39 is 0 Å². The molecule has 4 nitrogen and oxygen atoms in total. The fourth-order valence-corrected chi connectivity index (χ4v) is 3.37. The summed E-state index contributed by atoms with van der Waals surface area (Å²) >= 11 is 3.55. The van der Waals surface area contributed by atoms with Gasteiger partial charge in [0, 0.05) is 16.9 Å². The average molecular weight is 350 g/mol.